The van der Waals surface area contributed by atoms with E-state index >= 15 is 0 Å². The quantitative estimate of drug-likeness (QED) is 0.588. The monoisotopic (exact) mass is 216 g/mol. The van der Waals surface area contributed by atoms with E-state index in [-0.39, 0.29) is 5.91 Å². The molecule has 0 saturated carbocycles. The summed E-state index contributed by atoms with van der Waals surface area (Å²) >= 11 is 0. The largest absolute Gasteiger partial charge is 0.345 e. The highest BCUT2D eigenvalue weighted by atomic mass is 16.2. The summed E-state index contributed by atoms with van der Waals surface area (Å²) in [5.41, 5.74) is 0. The van der Waals surface area contributed by atoms with Gasteiger partial charge in [-0.05, 0) is 42.3 Å². The topological polar surface area (TPSA) is 30.0 Å². The number of rotatable bonds is 4. The van der Waals surface area contributed by atoms with Gasteiger partial charge < -0.3 is 4.90 Å². The third-order valence-corrected chi connectivity index (χ3v) is 2.56. The molecular weight excluding hydrogens is 192 g/mol. The van der Waals surface area contributed by atoms with Gasteiger partial charge in [0.1, 0.15) is 0 Å². The predicted molar refractivity (Wildman–Crippen MR) is 62.5 cm³/mol. The first kappa shape index (κ1) is 14.3. The minimum absolute atomic E-state index is 0.0440. The van der Waals surface area contributed by atoms with Crippen molar-refractivity contribution in [2.45, 2.75) is 5.79 Å². The van der Waals surface area contributed by atoms with Gasteiger partial charge in [0.25, 0.3) is 5.91 Å². The molecule has 15 heavy (non-hydrogen) atoms. The van der Waals surface area contributed by atoms with Gasteiger partial charge in [0.2, 0.25) is 5.79 Å². The molecule has 0 saturated heterocycles. The fourth-order valence-electron chi connectivity index (χ4n) is 2.07. The molecule has 1 amide bonds. The lowest BCUT2D eigenvalue weighted by Gasteiger charge is -2.48. The van der Waals surface area contributed by atoms with Crippen molar-refractivity contribution >= 4 is 5.91 Å². The summed E-state index contributed by atoms with van der Waals surface area (Å²) in [5, 5.41) is 0. The predicted octanol–water partition coefficient (Wildman–Crippen LogP) is -0.587. The van der Waals surface area contributed by atoms with Crippen LogP contribution in [0.1, 0.15) is 0 Å². The normalized spacial score (nSPS) is 12.7. The van der Waals surface area contributed by atoms with Crippen LogP contribution in [0.15, 0.2) is 0 Å². The molecule has 0 aliphatic rings. The molecule has 0 radical (unpaired) electrons. The Morgan fingerprint density at radius 3 is 1.07 bits per heavy atom. The summed E-state index contributed by atoms with van der Waals surface area (Å²) in [6.07, 6.45) is 0. The second-order valence-electron chi connectivity index (χ2n) is 4.52. The molecule has 0 aromatic rings. The maximum absolute atomic E-state index is 12.3. The van der Waals surface area contributed by atoms with Crippen molar-refractivity contribution in [1.82, 2.24) is 19.6 Å². The van der Waals surface area contributed by atoms with Crippen LogP contribution in [0.2, 0.25) is 0 Å². The summed E-state index contributed by atoms with van der Waals surface area (Å²) in [4.78, 5) is 19.6. The van der Waals surface area contributed by atoms with E-state index in [9.17, 15) is 4.79 Å². The molecule has 5 heteroatoms. The van der Waals surface area contributed by atoms with Crippen LogP contribution in [0.25, 0.3) is 0 Å². The molecule has 0 heterocycles. The molecule has 0 rings (SSSR count). The average Bonchev–Trinajstić information content (AvgIpc) is 2.02. The van der Waals surface area contributed by atoms with Gasteiger partial charge in [-0.1, -0.05) is 0 Å². The van der Waals surface area contributed by atoms with E-state index < -0.39 is 5.79 Å². The lowest BCUT2D eigenvalue weighted by molar-refractivity contribution is -0.173. The first-order valence-electron chi connectivity index (χ1n) is 4.93. The third kappa shape index (κ3) is 2.30. The van der Waals surface area contributed by atoms with Gasteiger partial charge in [-0.25, -0.2) is 0 Å². The van der Waals surface area contributed by atoms with Crippen LogP contribution in [0.5, 0.6) is 0 Å². The summed E-state index contributed by atoms with van der Waals surface area (Å²) in [6, 6.07) is 0. The van der Waals surface area contributed by atoms with E-state index in [1.54, 1.807) is 19.0 Å². The second kappa shape index (κ2) is 4.92. The molecule has 0 spiro atoms. The molecule has 0 aliphatic carbocycles. The lowest BCUT2D eigenvalue weighted by Crippen LogP contribution is -2.71. The number of carbonyl (C=O) groups excluding carboxylic acids is 1. The minimum Gasteiger partial charge on any atom is -0.345 e. The summed E-state index contributed by atoms with van der Waals surface area (Å²) in [6.45, 7) is 0. The summed E-state index contributed by atoms with van der Waals surface area (Å²) in [5.74, 6) is -0.689. The van der Waals surface area contributed by atoms with E-state index in [0.29, 0.717) is 0 Å². The molecule has 90 valence electrons. The molecule has 0 fully saturated rings. The zero-order chi connectivity index (χ0) is 12.4. The lowest BCUT2D eigenvalue weighted by atomic mass is 10.2. The van der Waals surface area contributed by atoms with Crippen molar-refractivity contribution in [2.24, 2.45) is 0 Å². The van der Waals surface area contributed by atoms with Crippen molar-refractivity contribution in [1.29, 1.82) is 0 Å². The Bertz CT molecular complexity index is 202. The Balaban J connectivity index is 5.43. The Hall–Kier alpha value is -0.650. The van der Waals surface area contributed by atoms with Crippen molar-refractivity contribution < 1.29 is 4.79 Å². The van der Waals surface area contributed by atoms with Gasteiger partial charge >= 0.3 is 0 Å². The zero-order valence-corrected chi connectivity index (χ0v) is 11.2. The van der Waals surface area contributed by atoms with E-state index in [4.69, 9.17) is 0 Å². The van der Waals surface area contributed by atoms with Crippen LogP contribution >= 0.6 is 0 Å². The Morgan fingerprint density at radius 1 is 0.733 bits per heavy atom. The van der Waals surface area contributed by atoms with Gasteiger partial charge in [-0.2, -0.15) is 0 Å². The highest BCUT2D eigenvalue weighted by molar-refractivity contribution is 5.84. The van der Waals surface area contributed by atoms with Crippen LogP contribution in [0, 0.1) is 0 Å². The smallest absolute Gasteiger partial charge is 0.273 e. The van der Waals surface area contributed by atoms with Gasteiger partial charge in [-0.15, -0.1) is 0 Å². The first-order valence-corrected chi connectivity index (χ1v) is 4.93. The molecule has 0 aliphatic heterocycles. The summed E-state index contributed by atoms with van der Waals surface area (Å²) in [7, 11) is 15.0. The van der Waals surface area contributed by atoms with E-state index in [1.807, 2.05) is 57.0 Å². The van der Waals surface area contributed by atoms with Crippen LogP contribution in [0.4, 0.5) is 0 Å². The SMILES string of the molecule is CN(C)C(=O)C(N(C)C)(N(C)C)N(C)C. The van der Waals surface area contributed by atoms with Crippen molar-refractivity contribution in [2.75, 3.05) is 56.4 Å². The van der Waals surface area contributed by atoms with E-state index in [0.717, 1.165) is 0 Å². The molecule has 0 aromatic carbocycles. The number of amides is 1. The molecular formula is C10H24N4O. The van der Waals surface area contributed by atoms with Crippen LogP contribution in [0.3, 0.4) is 0 Å². The van der Waals surface area contributed by atoms with Crippen LogP contribution in [-0.4, -0.2) is 87.7 Å². The molecule has 0 N–H and O–H groups in total. The molecule has 0 unspecified atom stereocenters. The molecule has 5 nitrogen and oxygen atoms in total. The average molecular weight is 216 g/mol. The maximum Gasteiger partial charge on any atom is 0.273 e. The van der Waals surface area contributed by atoms with E-state index in [2.05, 4.69) is 0 Å². The highest BCUT2D eigenvalue weighted by Crippen LogP contribution is 2.20. The number of carbonyl (C=O) groups is 1. The molecule has 0 aromatic heterocycles. The van der Waals surface area contributed by atoms with Gasteiger partial charge in [0, 0.05) is 14.1 Å². The Labute approximate surface area is 93.2 Å². The van der Waals surface area contributed by atoms with Gasteiger partial charge in [0.05, 0.1) is 0 Å². The second-order valence-corrected chi connectivity index (χ2v) is 4.52. The highest BCUT2D eigenvalue weighted by Gasteiger charge is 2.46. The molecule has 0 bridgehead atoms. The minimum atomic E-state index is -0.733. The maximum atomic E-state index is 12.3. The van der Waals surface area contributed by atoms with Crippen LogP contribution in [-0.2, 0) is 4.79 Å². The zero-order valence-electron chi connectivity index (χ0n) is 11.2. The Morgan fingerprint density at radius 2 is 1.00 bits per heavy atom. The first-order chi connectivity index (χ1) is 6.68. The van der Waals surface area contributed by atoms with Crippen LogP contribution < -0.4 is 0 Å². The third-order valence-electron chi connectivity index (χ3n) is 2.56. The fraction of sp³-hybridized carbons (Fsp3) is 0.900. The standard InChI is InChI=1S/C10H24N4O/c1-11(2)9(15)10(12(3)4,13(5)6)14(7)8/h1-8H3. The van der Waals surface area contributed by atoms with Crippen molar-refractivity contribution in [3.8, 4) is 0 Å². The number of hydrogen-bond donors (Lipinski definition) is 0. The number of hydrogen-bond acceptors (Lipinski definition) is 4. The Kier molecular flexibility index (Phi) is 4.70. The summed E-state index contributed by atoms with van der Waals surface area (Å²) < 4.78 is 0. The number of nitrogens with zero attached hydrogens (tertiary/aromatic N) is 4. The van der Waals surface area contributed by atoms with Crippen molar-refractivity contribution in [3.05, 3.63) is 0 Å². The van der Waals surface area contributed by atoms with Gasteiger partial charge in [0.15, 0.2) is 0 Å². The molecule has 0 atom stereocenters. The van der Waals surface area contributed by atoms with Crippen molar-refractivity contribution in [3.63, 3.8) is 0 Å². The van der Waals surface area contributed by atoms with E-state index in [1.165, 1.54) is 0 Å². The van der Waals surface area contributed by atoms with Gasteiger partial charge in [-0.3, -0.25) is 19.5 Å². The fourth-order valence-corrected chi connectivity index (χ4v) is 2.07. The number of likely N-dealkylation sites (N-methyl/N-ethyl adjacent to an activating group) is 4.